The average Bonchev–Trinajstić information content (AvgIpc) is 3.13. The second-order valence-corrected chi connectivity index (χ2v) is 7.24. The number of aryl methyl sites for hydroxylation is 1. The van der Waals surface area contributed by atoms with E-state index in [1.54, 1.807) is 23.3 Å². The summed E-state index contributed by atoms with van der Waals surface area (Å²) < 4.78 is 3.56. The Morgan fingerprint density at radius 1 is 1.00 bits per heavy atom. The fourth-order valence-electron chi connectivity index (χ4n) is 3.60. The molecule has 0 aliphatic heterocycles. The van der Waals surface area contributed by atoms with E-state index in [0.29, 0.717) is 23.9 Å². The molecule has 29 heavy (non-hydrogen) atoms. The van der Waals surface area contributed by atoms with Crippen molar-refractivity contribution in [2.75, 3.05) is 0 Å². The first kappa shape index (κ1) is 17.3. The average molecular weight is 381 g/mol. The monoisotopic (exact) mass is 381 g/mol. The smallest absolute Gasteiger partial charge is 0.263 e. The number of hydrogen-bond donors (Lipinski definition) is 0. The van der Waals surface area contributed by atoms with E-state index < -0.39 is 0 Å². The van der Waals surface area contributed by atoms with Gasteiger partial charge in [0.25, 0.3) is 5.56 Å². The van der Waals surface area contributed by atoms with Crippen molar-refractivity contribution in [1.82, 2.24) is 23.9 Å². The molecular weight excluding hydrogens is 362 g/mol. The van der Waals surface area contributed by atoms with Crippen LogP contribution in [-0.4, -0.2) is 23.9 Å². The molecule has 0 fully saturated rings. The maximum atomic E-state index is 13.1. The number of fused-ring (bicyclic) bond motifs is 2. The summed E-state index contributed by atoms with van der Waals surface area (Å²) >= 11 is 0. The molecule has 6 heteroatoms. The van der Waals surface area contributed by atoms with Crippen LogP contribution in [0.4, 0.5) is 0 Å². The van der Waals surface area contributed by atoms with Gasteiger partial charge >= 0.3 is 0 Å². The van der Waals surface area contributed by atoms with Gasteiger partial charge in [0.2, 0.25) is 0 Å². The highest BCUT2D eigenvalue weighted by Gasteiger charge is 2.11. The number of imidazole rings is 1. The number of rotatable bonds is 4. The van der Waals surface area contributed by atoms with Crippen LogP contribution in [0.5, 0.6) is 0 Å². The van der Waals surface area contributed by atoms with Crippen molar-refractivity contribution >= 4 is 16.6 Å². The van der Waals surface area contributed by atoms with E-state index in [2.05, 4.69) is 27.1 Å². The van der Waals surface area contributed by atoms with Gasteiger partial charge in [-0.1, -0.05) is 36.4 Å². The molecule has 142 valence electrons. The fourth-order valence-corrected chi connectivity index (χ4v) is 3.60. The van der Waals surface area contributed by atoms with Crippen molar-refractivity contribution in [2.45, 2.75) is 19.9 Å². The third kappa shape index (κ3) is 3.29. The van der Waals surface area contributed by atoms with E-state index in [1.165, 1.54) is 0 Å². The van der Waals surface area contributed by atoms with Crippen molar-refractivity contribution in [1.29, 1.82) is 0 Å². The van der Waals surface area contributed by atoms with E-state index in [4.69, 9.17) is 0 Å². The number of aromatic nitrogens is 5. The third-order valence-corrected chi connectivity index (χ3v) is 5.03. The van der Waals surface area contributed by atoms with Gasteiger partial charge in [-0.25, -0.2) is 9.97 Å². The molecule has 0 aliphatic rings. The highest BCUT2D eigenvalue weighted by atomic mass is 16.1. The summed E-state index contributed by atoms with van der Waals surface area (Å²) in [6.07, 6.45) is 9.65. The maximum Gasteiger partial charge on any atom is 0.263 e. The topological polar surface area (TPSA) is 65.1 Å². The molecule has 0 N–H and O–H groups in total. The minimum Gasteiger partial charge on any atom is -0.306 e. The predicted molar refractivity (Wildman–Crippen MR) is 112 cm³/mol. The first-order valence-electron chi connectivity index (χ1n) is 9.47. The van der Waals surface area contributed by atoms with E-state index in [9.17, 15) is 4.79 Å². The Kier molecular flexibility index (Phi) is 4.17. The predicted octanol–water partition coefficient (Wildman–Crippen LogP) is 3.39. The summed E-state index contributed by atoms with van der Waals surface area (Å²) in [6, 6.07) is 14.1. The summed E-state index contributed by atoms with van der Waals surface area (Å²) in [5, 5.41) is 0.528. The van der Waals surface area contributed by atoms with Crippen molar-refractivity contribution < 1.29 is 0 Å². The molecule has 4 aromatic heterocycles. The molecule has 0 spiro atoms. The molecule has 5 aromatic rings. The zero-order valence-corrected chi connectivity index (χ0v) is 16.0. The zero-order valence-electron chi connectivity index (χ0n) is 16.0. The van der Waals surface area contributed by atoms with Crippen LogP contribution < -0.4 is 5.56 Å². The fraction of sp³-hybridized carbons (Fsp3) is 0.130. The maximum absolute atomic E-state index is 13.1. The minimum atomic E-state index is -0.106. The van der Waals surface area contributed by atoms with Crippen LogP contribution in [-0.2, 0) is 13.0 Å². The van der Waals surface area contributed by atoms with Gasteiger partial charge in [0.05, 0.1) is 29.5 Å². The first-order chi connectivity index (χ1) is 14.2. The summed E-state index contributed by atoms with van der Waals surface area (Å²) in [6.45, 7) is 2.41. The molecule has 0 saturated heterocycles. The van der Waals surface area contributed by atoms with Crippen LogP contribution in [0, 0.1) is 6.92 Å². The van der Waals surface area contributed by atoms with Crippen LogP contribution in [0.1, 0.15) is 22.4 Å². The summed E-state index contributed by atoms with van der Waals surface area (Å²) in [5.74, 6) is 0. The third-order valence-electron chi connectivity index (χ3n) is 5.03. The molecule has 0 unspecified atom stereocenters. The van der Waals surface area contributed by atoms with Crippen LogP contribution in [0.3, 0.4) is 0 Å². The summed E-state index contributed by atoms with van der Waals surface area (Å²) in [7, 11) is 0. The molecule has 0 saturated carbocycles. The molecule has 4 heterocycles. The second kappa shape index (κ2) is 6.98. The van der Waals surface area contributed by atoms with Gasteiger partial charge in [-0.15, -0.1) is 0 Å². The molecule has 0 bridgehead atoms. The first-order valence-corrected chi connectivity index (χ1v) is 9.47. The summed E-state index contributed by atoms with van der Waals surface area (Å²) in [5.41, 5.74) is 5.53. The Hall–Kier alpha value is -3.80. The summed E-state index contributed by atoms with van der Waals surface area (Å²) in [4.78, 5) is 26.5. The van der Waals surface area contributed by atoms with Gasteiger partial charge in [0, 0.05) is 36.8 Å². The van der Waals surface area contributed by atoms with E-state index >= 15 is 0 Å². The lowest BCUT2D eigenvalue weighted by Gasteiger charge is -2.08. The molecule has 0 aliphatic carbocycles. The van der Waals surface area contributed by atoms with Gasteiger partial charge in [-0.3, -0.25) is 14.3 Å². The SMILES string of the molecule is Cc1ccc2nc(Cn3cnc4c(Cc5ccccc5)cncc4c3=O)cn2c1. The highest BCUT2D eigenvalue weighted by Crippen LogP contribution is 2.16. The van der Waals surface area contributed by atoms with Gasteiger partial charge < -0.3 is 4.40 Å². The molecule has 6 nitrogen and oxygen atoms in total. The van der Waals surface area contributed by atoms with Crippen LogP contribution >= 0.6 is 0 Å². The molecule has 5 rings (SSSR count). The van der Waals surface area contributed by atoms with Gasteiger partial charge in [0.1, 0.15) is 5.65 Å². The lowest BCUT2D eigenvalue weighted by Crippen LogP contribution is -2.22. The van der Waals surface area contributed by atoms with Gasteiger partial charge in [-0.05, 0) is 24.1 Å². The lowest BCUT2D eigenvalue weighted by atomic mass is 10.0. The number of nitrogens with zero attached hydrogens (tertiary/aromatic N) is 5. The van der Waals surface area contributed by atoms with E-state index in [-0.39, 0.29) is 5.56 Å². The van der Waals surface area contributed by atoms with E-state index in [0.717, 1.165) is 28.0 Å². The van der Waals surface area contributed by atoms with Crippen molar-refractivity contribution in [3.63, 3.8) is 0 Å². The molecule has 0 radical (unpaired) electrons. The minimum absolute atomic E-state index is 0.106. The normalized spacial score (nSPS) is 11.3. The van der Waals surface area contributed by atoms with Crippen LogP contribution in [0.15, 0.2) is 78.4 Å². The number of hydrogen-bond acceptors (Lipinski definition) is 4. The standard InChI is InChI=1S/C23H19N5O/c1-16-7-8-21-26-19(13-27(21)12-16)14-28-15-25-22-18(9-17-5-3-2-4-6-17)10-24-11-20(22)23(28)29/h2-8,10-13,15H,9,14H2,1H3. The van der Waals surface area contributed by atoms with Crippen molar-refractivity contribution in [3.05, 3.63) is 106 Å². The Bertz CT molecular complexity index is 1390. The molecule has 0 amide bonds. The molecule has 0 atom stereocenters. The Labute approximate surface area is 167 Å². The number of benzene rings is 1. The highest BCUT2D eigenvalue weighted by molar-refractivity contribution is 5.79. The van der Waals surface area contributed by atoms with Crippen LogP contribution in [0.2, 0.25) is 0 Å². The second-order valence-electron chi connectivity index (χ2n) is 7.24. The lowest BCUT2D eigenvalue weighted by molar-refractivity contribution is 0.733. The molecule has 1 aromatic carbocycles. The quantitative estimate of drug-likeness (QED) is 0.479. The zero-order chi connectivity index (χ0) is 19.8. The van der Waals surface area contributed by atoms with Crippen molar-refractivity contribution in [2.24, 2.45) is 0 Å². The number of pyridine rings is 2. The van der Waals surface area contributed by atoms with Gasteiger partial charge in [-0.2, -0.15) is 0 Å². The van der Waals surface area contributed by atoms with Gasteiger partial charge in [0.15, 0.2) is 0 Å². The molecular formula is C23H19N5O. The van der Waals surface area contributed by atoms with Crippen LogP contribution in [0.25, 0.3) is 16.6 Å². The Morgan fingerprint density at radius 2 is 1.86 bits per heavy atom. The Morgan fingerprint density at radius 3 is 2.72 bits per heavy atom. The largest absolute Gasteiger partial charge is 0.306 e. The van der Waals surface area contributed by atoms with Crippen molar-refractivity contribution in [3.8, 4) is 0 Å². The Balaban J connectivity index is 1.52. The van der Waals surface area contributed by atoms with E-state index in [1.807, 2.05) is 54.0 Å².